The van der Waals surface area contributed by atoms with Gasteiger partial charge in [-0.05, 0) is 157 Å². The molecule has 0 radical (unpaired) electrons. The Morgan fingerprint density at radius 2 is 0.578 bits per heavy atom. The largest absolute Gasteiger partial charge is 0.458 e. The minimum Gasteiger partial charge on any atom is -0.458 e. The van der Waals surface area contributed by atoms with Crippen molar-refractivity contribution in [3.05, 3.63) is 255 Å². The van der Waals surface area contributed by atoms with Crippen LogP contribution in [-0.4, -0.2) is 26.9 Å². The van der Waals surface area contributed by atoms with Crippen molar-refractivity contribution in [3.8, 4) is 34.5 Å². The number of hydrogen-bond acceptors (Lipinski definition) is 7. The van der Waals surface area contributed by atoms with E-state index in [1.54, 1.807) is 0 Å². The summed E-state index contributed by atoms with van der Waals surface area (Å²) < 4.78 is 21.4. The molecule has 0 fully saturated rings. The number of hydrogen-bond donors (Lipinski definition) is 0. The first kappa shape index (κ1) is 44.3. The van der Waals surface area contributed by atoms with E-state index in [4.69, 9.17) is 14.2 Å². The van der Waals surface area contributed by atoms with Gasteiger partial charge in [0.2, 0.25) is 0 Å². The van der Waals surface area contributed by atoms with Crippen molar-refractivity contribution in [2.45, 2.75) is 0 Å². The zero-order valence-corrected chi connectivity index (χ0v) is 44.6. The Balaban J connectivity index is 0.879. The molecule has 0 atom stereocenters. The van der Waals surface area contributed by atoms with Crippen molar-refractivity contribution in [2.75, 3.05) is 19.6 Å². The molecule has 7 nitrogen and oxygen atoms in total. The van der Waals surface area contributed by atoms with Gasteiger partial charge in [-0.1, -0.05) is 152 Å². The third-order valence-electron chi connectivity index (χ3n) is 18.9. The molecule has 83 heavy (non-hydrogen) atoms. The van der Waals surface area contributed by atoms with Gasteiger partial charge in [-0.25, -0.2) is 0 Å². The number of benzene rings is 12. The van der Waals surface area contributed by atoms with Crippen LogP contribution < -0.4 is 99.4 Å². The molecule has 11 heteroatoms. The third-order valence-corrected chi connectivity index (χ3v) is 18.9. The molecule has 0 unspecified atom stereocenters. The first-order chi connectivity index (χ1) is 41.2. The second-order valence-electron chi connectivity index (χ2n) is 22.9. The highest BCUT2D eigenvalue weighted by Crippen LogP contribution is 2.51. The molecule has 8 aliphatic rings. The fourth-order valence-corrected chi connectivity index (χ4v) is 15.8. The maximum Gasteiger partial charge on any atom is 0.256 e. The van der Waals surface area contributed by atoms with Crippen molar-refractivity contribution >= 4 is 161 Å². The molecule has 0 spiro atoms. The minimum absolute atomic E-state index is 0.0771. The van der Waals surface area contributed by atoms with Gasteiger partial charge >= 0.3 is 0 Å². The quantitative estimate of drug-likeness (QED) is 0.164. The molecule has 380 valence electrons. The van der Waals surface area contributed by atoms with E-state index in [1.165, 1.54) is 71.7 Å². The fraction of sp³-hybridized carbons (Fsp3) is 0. The maximum atomic E-state index is 7.75. The van der Waals surface area contributed by atoms with Crippen LogP contribution in [-0.2, 0) is 0 Å². The lowest BCUT2D eigenvalue weighted by Crippen LogP contribution is -2.69. The summed E-state index contributed by atoms with van der Waals surface area (Å²) in [6.07, 6.45) is 0. The van der Waals surface area contributed by atoms with Gasteiger partial charge in [-0.2, -0.15) is 0 Å². The summed E-state index contributed by atoms with van der Waals surface area (Å²) in [5.74, 6) is 5.29. The van der Waals surface area contributed by atoms with Gasteiger partial charge in [0.1, 0.15) is 34.5 Å². The van der Waals surface area contributed by atoms with Crippen LogP contribution in [0.15, 0.2) is 255 Å². The van der Waals surface area contributed by atoms with Gasteiger partial charge in [0, 0.05) is 80.4 Å². The van der Waals surface area contributed by atoms with Gasteiger partial charge in [-0.15, -0.1) is 0 Å². The average Bonchev–Trinajstić information content (AvgIpc) is 3.55. The summed E-state index contributed by atoms with van der Waals surface area (Å²) in [5.41, 5.74) is 28.1. The Bertz CT molecular complexity index is 4860. The first-order valence-electron chi connectivity index (χ1n) is 28.8. The average molecular weight is 1050 g/mol. The van der Waals surface area contributed by atoms with Crippen LogP contribution in [0, 0.1) is 0 Å². The lowest BCUT2D eigenvalue weighted by Gasteiger charge is -2.50. The van der Waals surface area contributed by atoms with Crippen LogP contribution in [0.5, 0.6) is 34.5 Å². The molecule has 0 aliphatic carbocycles. The van der Waals surface area contributed by atoms with E-state index in [1.807, 2.05) is 0 Å². The van der Waals surface area contributed by atoms with Gasteiger partial charge in [0.05, 0.1) is 0 Å². The topological polar surface area (TPSA) is 40.7 Å². The molecule has 0 amide bonds. The predicted octanol–water partition coefficient (Wildman–Crippen LogP) is 9.51. The second-order valence-corrected chi connectivity index (χ2v) is 22.9. The predicted molar refractivity (Wildman–Crippen MR) is 343 cm³/mol. The Morgan fingerprint density at radius 1 is 0.205 bits per heavy atom. The van der Waals surface area contributed by atoms with Crippen LogP contribution in [0.25, 0.3) is 0 Å². The second kappa shape index (κ2) is 16.1. The van der Waals surface area contributed by atoms with Crippen LogP contribution in [0.4, 0.5) is 68.2 Å². The Labute approximate surface area is 481 Å². The SMILES string of the molecule is c1ccc(N2c3cc4c(cc3B3c5ccccc5Oc5cccc2c53)B2c3ccccc3N3c5ccccc5B5c6cc7c(cc6N(c6ccccc6)c6cc(c2c3c65)O4)N(c2ccccc2)c2cccc3c2B7c2ccccc2O3)cc1. The van der Waals surface area contributed by atoms with Crippen molar-refractivity contribution in [1.82, 2.24) is 0 Å². The van der Waals surface area contributed by atoms with Crippen LogP contribution in [0.1, 0.15) is 0 Å². The van der Waals surface area contributed by atoms with Crippen molar-refractivity contribution in [3.63, 3.8) is 0 Å². The maximum absolute atomic E-state index is 7.75. The van der Waals surface area contributed by atoms with Gasteiger partial charge in [0.15, 0.2) is 0 Å². The zero-order valence-electron chi connectivity index (χ0n) is 44.6. The number of para-hydroxylation sites is 7. The molecule has 0 saturated heterocycles. The first-order valence-corrected chi connectivity index (χ1v) is 28.8. The molecule has 0 bridgehead atoms. The smallest absolute Gasteiger partial charge is 0.256 e. The highest BCUT2D eigenvalue weighted by molar-refractivity contribution is 7.06. The standard InChI is InChI=1S/C72H42B4N4O3/c1-4-20-43(21-5-1)77-56-32-18-36-64-68(56)75(48-28-12-16-34-62(48)81-64)51-38-50-59(40-58(51)77)79(45-24-8-3-9-25-45)61-42-67-71-72-70(61)73(50)46-26-10-14-30-54(46)80(72)55-31-15-11-27-47(55)74(71)53-39-52-60(41-66(53)83-67)78(44-22-6-2-7-23-44)57-33-19-37-65-69(57)76(52)49-29-13-17-35-63(49)82-65/h1-42H. The molecule has 0 N–H and O–H groups in total. The number of ether oxygens (including phenoxy) is 3. The van der Waals surface area contributed by atoms with E-state index in [2.05, 4.69) is 274 Å². The molecular weight excluding hydrogens is 1010 g/mol. The van der Waals surface area contributed by atoms with E-state index >= 15 is 0 Å². The molecule has 12 aromatic carbocycles. The highest BCUT2D eigenvalue weighted by Gasteiger charge is 2.53. The molecule has 12 aromatic rings. The van der Waals surface area contributed by atoms with E-state index in [0.717, 1.165) is 96.6 Å². The lowest BCUT2D eigenvalue weighted by atomic mass is 9.27. The van der Waals surface area contributed by atoms with Gasteiger partial charge < -0.3 is 33.8 Å². The Morgan fingerprint density at radius 3 is 1.11 bits per heavy atom. The minimum atomic E-state index is -0.155. The number of anilines is 12. The Hall–Kier alpha value is -10.5. The molecule has 20 rings (SSSR count). The summed E-state index contributed by atoms with van der Waals surface area (Å²) in [6, 6.07) is 93.5. The summed E-state index contributed by atoms with van der Waals surface area (Å²) in [7, 11) is 0. The summed E-state index contributed by atoms with van der Waals surface area (Å²) >= 11 is 0. The van der Waals surface area contributed by atoms with Crippen LogP contribution in [0.3, 0.4) is 0 Å². The van der Waals surface area contributed by atoms with Crippen LogP contribution in [0.2, 0.25) is 0 Å². The summed E-state index contributed by atoms with van der Waals surface area (Å²) in [5, 5.41) is 0. The normalized spacial score (nSPS) is 14.6. The van der Waals surface area contributed by atoms with Gasteiger partial charge in [0.25, 0.3) is 26.9 Å². The number of nitrogens with zero attached hydrogens (tertiary/aromatic N) is 4. The summed E-state index contributed by atoms with van der Waals surface area (Å²) in [4.78, 5) is 10.00. The van der Waals surface area contributed by atoms with Gasteiger partial charge in [-0.3, -0.25) is 0 Å². The van der Waals surface area contributed by atoms with E-state index in [9.17, 15) is 0 Å². The molecule has 8 aliphatic heterocycles. The zero-order chi connectivity index (χ0) is 53.8. The van der Waals surface area contributed by atoms with Crippen LogP contribution >= 0.6 is 0 Å². The monoisotopic (exact) mass is 1050 g/mol. The summed E-state index contributed by atoms with van der Waals surface area (Å²) in [6.45, 7) is -0.450. The molecule has 8 heterocycles. The lowest BCUT2D eigenvalue weighted by molar-refractivity contribution is 0.487. The fourth-order valence-electron chi connectivity index (χ4n) is 15.8. The van der Waals surface area contributed by atoms with Crippen molar-refractivity contribution < 1.29 is 14.2 Å². The Kier molecular flexibility index (Phi) is 8.60. The number of rotatable bonds is 3. The van der Waals surface area contributed by atoms with E-state index < -0.39 is 0 Å². The molecule has 0 saturated carbocycles. The van der Waals surface area contributed by atoms with Crippen molar-refractivity contribution in [1.29, 1.82) is 0 Å². The van der Waals surface area contributed by atoms with E-state index in [-0.39, 0.29) is 26.9 Å². The van der Waals surface area contributed by atoms with Crippen molar-refractivity contribution in [2.24, 2.45) is 0 Å². The third kappa shape index (κ3) is 5.73. The molecular formula is C72H42B4N4O3. The van der Waals surface area contributed by atoms with E-state index in [0.29, 0.717) is 0 Å². The number of fused-ring (bicyclic) bond motifs is 18. The highest BCUT2D eigenvalue weighted by atomic mass is 16.5. The molecule has 0 aromatic heterocycles.